The molecule has 3 rings (SSSR count). The average Bonchev–Trinajstić information content (AvgIpc) is 3.08. The zero-order valence-corrected chi connectivity index (χ0v) is 14.9. The number of amides is 1. The van der Waals surface area contributed by atoms with Crippen LogP contribution < -0.4 is 11.2 Å². The first-order chi connectivity index (χ1) is 12.4. The number of aryl methyl sites for hydroxylation is 2. The lowest BCUT2D eigenvalue weighted by atomic mass is 10.2. The number of hydrogen-bond acceptors (Lipinski definition) is 5. The molecule has 3 heterocycles. The van der Waals surface area contributed by atoms with Gasteiger partial charge < -0.3 is 9.47 Å². The molecule has 9 nitrogen and oxygen atoms in total. The lowest BCUT2D eigenvalue weighted by Crippen LogP contribution is -2.37. The molecule has 0 bridgehead atoms. The number of fused-ring (bicyclic) bond motifs is 1. The lowest BCUT2D eigenvalue weighted by Gasteiger charge is -2.17. The minimum Gasteiger partial charge on any atom is -0.342 e. The Labute approximate surface area is 149 Å². The molecule has 3 aromatic rings. The third-order valence-corrected chi connectivity index (χ3v) is 4.36. The Morgan fingerprint density at radius 1 is 1.23 bits per heavy atom. The van der Waals surface area contributed by atoms with Crippen LogP contribution in [0, 0.1) is 0 Å². The molecular weight excluding hydrogens is 336 g/mol. The van der Waals surface area contributed by atoms with Crippen molar-refractivity contribution in [3.63, 3.8) is 0 Å². The van der Waals surface area contributed by atoms with E-state index in [-0.39, 0.29) is 11.5 Å². The van der Waals surface area contributed by atoms with Gasteiger partial charge in [0.25, 0.3) is 11.5 Å². The number of pyridine rings is 1. The van der Waals surface area contributed by atoms with Crippen molar-refractivity contribution < 1.29 is 4.79 Å². The number of imidazole rings is 1. The first kappa shape index (κ1) is 17.6. The molecule has 0 saturated heterocycles. The maximum absolute atomic E-state index is 12.4. The second-order valence-electron chi connectivity index (χ2n) is 6.14. The van der Waals surface area contributed by atoms with Crippen molar-refractivity contribution in [2.45, 2.75) is 13.0 Å². The Morgan fingerprint density at radius 3 is 2.69 bits per heavy atom. The van der Waals surface area contributed by atoms with Gasteiger partial charge in [0.05, 0.1) is 11.9 Å². The molecule has 3 aromatic heterocycles. The highest BCUT2D eigenvalue weighted by molar-refractivity contribution is 5.93. The van der Waals surface area contributed by atoms with Crippen molar-refractivity contribution in [3.8, 4) is 0 Å². The molecule has 26 heavy (non-hydrogen) atoms. The number of carbonyl (C=O) groups excluding carboxylic acids is 1. The number of hydrogen-bond donors (Lipinski definition) is 0. The van der Waals surface area contributed by atoms with Crippen LogP contribution in [0.25, 0.3) is 11.2 Å². The van der Waals surface area contributed by atoms with Gasteiger partial charge in [0.15, 0.2) is 11.2 Å². The van der Waals surface area contributed by atoms with Gasteiger partial charge in [-0.15, -0.1) is 0 Å². The Balaban J connectivity index is 1.74. The van der Waals surface area contributed by atoms with Crippen LogP contribution in [-0.2, 0) is 20.6 Å². The molecule has 0 atom stereocenters. The van der Waals surface area contributed by atoms with Crippen LogP contribution in [0.1, 0.15) is 16.8 Å². The summed E-state index contributed by atoms with van der Waals surface area (Å²) in [4.78, 5) is 46.4. The van der Waals surface area contributed by atoms with E-state index in [0.717, 1.165) is 4.57 Å². The van der Waals surface area contributed by atoms with Crippen molar-refractivity contribution in [1.29, 1.82) is 0 Å². The van der Waals surface area contributed by atoms with Crippen molar-refractivity contribution in [2.24, 2.45) is 14.1 Å². The quantitative estimate of drug-likeness (QED) is 0.641. The van der Waals surface area contributed by atoms with Crippen LogP contribution in [0.2, 0.25) is 0 Å². The number of nitrogens with zero attached hydrogens (tertiary/aromatic N) is 6. The molecule has 0 radical (unpaired) electrons. The average molecular weight is 356 g/mol. The molecule has 0 spiro atoms. The highest BCUT2D eigenvalue weighted by Gasteiger charge is 2.15. The van der Waals surface area contributed by atoms with Crippen LogP contribution in [0.5, 0.6) is 0 Å². The monoisotopic (exact) mass is 356 g/mol. The van der Waals surface area contributed by atoms with E-state index in [1.807, 2.05) is 0 Å². The van der Waals surface area contributed by atoms with Gasteiger partial charge in [0, 0.05) is 46.6 Å². The molecule has 1 amide bonds. The van der Waals surface area contributed by atoms with Gasteiger partial charge in [-0.25, -0.2) is 9.78 Å². The lowest BCUT2D eigenvalue weighted by molar-refractivity contribution is 0.0791. The van der Waals surface area contributed by atoms with Gasteiger partial charge in [-0.3, -0.25) is 23.7 Å². The Morgan fingerprint density at radius 2 is 2.00 bits per heavy atom. The normalized spacial score (nSPS) is 11.0. The summed E-state index contributed by atoms with van der Waals surface area (Å²) >= 11 is 0. The van der Waals surface area contributed by atoms with E-state index in [2.05, 4.69) is 9.97 Å². The summed E-state index contributed by atoms with van der Waals surface area (Å²) < 4.78 is 4.14. The van der Waals surface area contributed by atoms with E-state index in [0.29, 0.717) is 36.2 Å². The molecule has 9 heteroatoms. The summed E-state index contributed by atoms with van der Waals surface area (Å²) in [5.74, 6) is -0.105. The highest BCUT2D eigenvalue weighted by atomic mass is 16.2. The molecule has 0 N–H and O–H groups in total. The predicted octanol–water partition coefficient (Wildman–Crippen LogP) is -0.00900. The minimum absolute atomic E-state index is 0.105. The van der Waals surface area contributed by atoms with Crippen LogP contribution in [0.4, 0.5) is 0 Å². The fourth-order valence-electron chi connectivity index (χ4n) is 2.86. The maximum atomic E-state index is 12.4. The standard InChI is InChI=1S/C17H20N6O3/c1-20(15(24)12-6-4-7-18-10-12)8-5-9-23-11-19-14-13(23)16(25)22(3)17(26)21(14)2/h4,6-7,10-11H,5,8-9H2,1-3H3. The summed E-state index contributed by atoms with van der Waals surface area (Å²) in [5, 5.41) is 0. The molecular formula is C17H20N6O3. The van der Waals surface area contributed by atoms with Gasteiger partial charge in [-0.05, 0) is 18.6 Å². The molecule has 0 unspecified atom stereocenters. The van der Waals surface area contributed by atoms with Crippen molar-refractivity contribution in [1.82, 2.24) is 28.6 Å². The van der Waals surface area contributed by atoms with Crippen LogP contribution in [0.15, 0.2) is 40.4 Å². The van der Waals surface area contributed by atoms with E-state index in [9.17, 15) is 14.4 Å². The largest absolute Gasteiger partial charge is 0.342 e. The smallest absolute Gasteiger partial charge is 0.332 e. The zero-order valence-electron chi connectivity index (χ0n) is 14.9. The predicted molar refractivity (Wildman–Crippen MR) is 96.0 cm³/mol. The fraction of sp³-hybridized carbons (Fsp3) is 0.353. The Kier molecular flexibility index (Phi) is 4.70. The summed E-state index contributed by atoms with van der Waals surface area (Å²) in [6.45, 7) is 1.02. The van der Waals surface area contributed by atoms with E-state index >= 15 is 0 Å². The van der Waals surface area contributed by atoms with Gasteiger partial charge in [-0.1, -0.05) is 0 Å². The van der Waals surface area contributed by atoms with E-state index in [1.165, 1.54) is 17.8 Å². The van der Waals surface area contributed by atoms with Crippen molar-refractivity contribution >= 4 is 17.1 Å². The summed E-state index contributed by atoms with van der Waals surface area (Å²) in [6.07, 6.45) is 5.34. The Hall–Kier alpha value is -3.23. The van der Waals surface area contributed by atoms with E-state index in [4.69, 9.17) is 0 Å². The zero-order chi connectivity index (χ0) is 18.8. The van der Waals surface area contributed by atoms with Gasteiger partial charge >= 0.3 is 5.69 Å². The molecule has 0 saturated carbocycles. The molecule has 0 aromatic carbocycles. The molecule has 136 valence electrons. The SMILES string of the molecule is CN(CCCn1cnc2c1c(=O)n(C)c(=O)n2C)C(=O)c1cccnc1. The third kappa shape index (κ3) is 3.03. The molecule has 0 aliphatic heterocycles. The second-order valence-corrected chi connectivity index (χ2v) is 6.14. The summed E-state index contributed by atoms with van der Waals surface area (Å²) in [6, 6.07) is 3.44. The van der Waals surface area contributed by atoms with Crippen molar-refractivity contribution in [3.05, 3.63) is 57.3 Å². The second kappa shape index (κ2) is 6.95. The summed E-state index contributed by atoms with van der Waals surface area (Å²) in [7, 11) is 4.76. The molecule has 0 aliphatic carbocycles. The fourth-order valence-corrected chi connectivity index (χ4v) is 2.86. The van der Waals surface area contributed by atoms with Gasteiger partial charge in [-0.2, -0.15) is 0 Å². The van der Waals surface area contributed by atoms with Crippen molar-refractivity contribution in [2.75, 3.05) is 13.6 Å². The van der Waals surface area contributed by atoms with E-state index < -0.39 is 5.69 Å². The van der Waals surface area contributed by atoms with Crippen LogP contribution in [0.3, 0.4) is 0 Å². The van der Waals surface area contributed by atoms with Gasteiger partial charge in [0.2, 0.25) is 0 Å². The maximum Gasteiger partial charge on any atom is 0.332 e. The van der Waals surface area contributed by atoms with Crippen LogP contribution >= 0.6 is 0 Å². The number of aromatic nitrogens is 5. The Bertz CT molecular complexity index is 1060. The first-order valence-electron chi connectivity index (χ1n) is 8.18. The summed E-state index contributed by atoms with van der Waals surface area (Å²) in [5.41, 5.74) is 0.496. The topological polar surface area (TPSA) is 95.0 Å². The number of rotatable bonds is 5. The molecule has 0 fully saturated rings. The van der Waals surface area contributed by atoms with E-state index in [1.54, 1.807) is 48.2 Å². The van der Waals surface area contributed by atoms with Gasteiger partial charge in [0.1, 0.15) is 0 Å². The third-order valence-electron chi connectivity index (χ3n) is 4.36. The van der Waals surface area contributed by atoms with Crippen LogP contribution in [-0.4, -0.2) is 48.1 Å². The number of carbonyl (C=O) groups is 1. The molecule has 0 aliphatic rings. The minimum atomic E-state index is -0.408. The highest BCUT2D eigenvalue weighted by Crippen LogP contribution is 2.07. The first-order valence-corrected chi connectivity index (χ1v) is 8.18.